The van der Waals surface area contributed by atoms with Crippen molar-refractivity contribution in [2.45, 2.75) is 38.8 Å². The molecule has 1 fully saturated rings. The first-order valence-electron chi connectivity index (χ1n) is 8.20. The van der Waals surface area contributed by atoms with Gasteiger partial charge in [0.05, 0.1) is 13.2 Å². The molecule has 2 rings (SSSR count). The second-order valence-electron chi connectivity index (χ2n) is 5.75. The number of nitrogens with zero attached hydrogens (tertiary/aromatic N) is 2. The maximum absolute atomic E-state index is 12.6. The van der Waals surface area contributed by atoms with Crippen molar-refractivity contribution in [1.29, 1.82) is 0 Å². The quantitative estimate of drug-likeness (QED) is 0.377. The summed E-state index contributed by atoms with van der Waals surface area (Å²) in [7, 11) is 0. The summed E-state index contributed by atoms with van der Waals surface area (Å²) in [5.41, 5.74) is -0.983. The highest BCUT2D eigenvalue weighted by atomic mass is 19.4. The van der Waals surface area contributed by atoms with Crippen LogP contribution in [0.15, 0.2) is 11.1 Å². The molecule has 0 saturated heterocycles. The summed E-state index contributed by atoms with van der Waals surface area (Å²) in [6, 6.07) is 0.814. The fourth-order valence-electron chi connectivity index (χ4n) is 2.07. The van der Waals surface area contributed by atoms with E-state index >= 15 is 0 Å². The van der Waals surface area contributed by atoms with Gasteiger partial charge in [-0.2, -0.15) is 18.3 Å². The SMILES string of the molecule is CCOCCN=C(NC(=O)CCC1CC1)Nc1cc(C(F)(F)F)[nH]n1. The number of carbonyl (C=O) groups excluding carboxylic acids is 1. The third kappa shape index (κ3) is 7.12. The van der Waals surface area contributed by atoms with Crippen molar-refractivity contribution >= 4 is 17.7 Å². The van der Waals surface area contributed by atoms with Gasteiger partial charge in [0.25, 0.3) is 0 Å². The lowest BCUT2D eigenvalue weighted by Gasteiger charge is -2.10. The molecule has 1 aliphatic rings. The van der Waals surface area contributed by atoms with Crippen LogP contribution in [-0.2, 0) is 15.7 Å². The van der Waals surface area contributed by atoms with E-state index < -0.39 is 11.9 Å². The molecule has 0 bridgehead atoms. The fourth-order valence-corrected chi connectivity index (χ4v) is 2.07. The molecule has 0 atom stereocenters. The van der Waals surface area contributed by atoms with Crippen LogP contribution in [0.4, 0.5) is 19.0 Å². The van der Waals surface area contributed by atoms with E-state index in [0.29, 0.717) is 25.6 Å². The molecular formula is C15H22F3N5O2. The third-order valence-electron chi connectivity index (χ3n) is 3.57. The number of halogens is 3. The molecule has 3 N–H and O–H groups in total. The minimum absolute atomic E-state index is 0.0562. The number of amides is 1. The predicted octanol–water partition coefficient (Wildman–Crippen LogP) is 2.54. The van der Waals surface area contributed by atoms with Gasteiger partial charge in [-0.3, -0.25) is 20.2 Å². The molecule has 0 radical (unpaired) electrons. The zero-order valence-corrected chi connectivity index (χ0v) is 13.9. The number of aromatic amines is 1. The standard InChI is InChI=1S/C15H22F3N5O2/c1-2-25-8-7-19-14(21-13(24)6-5-10-3-4-10)20-12-9-11(22-23-12)15(16,17)18/h9-10H,2-8H2,1H3,(H3,19,20,21,22,23,24). The Labute approximate surface area is 143 Å². The minimum Gasteiger partial charge on any atom is -0.380 e. The summed E-state index contributed by atoms with van der Waals surface area (Å²) in [6.45, 7) is 2.97. The van der Waals surface area contributed by atoms with Crippen LogP contribution in [0.5, 0.6) is 0 Å². The highest BCUT2D eigenvalue weighted by Crippen LogP contribution is 2.33. The Morgan fingerprint density at radius 1 is 1.48 bits per heavy atom. The van der Waals surface area contributed by atoms with Gasteiger partial charge in [0.1, 0.15) is 5.69 Å². The van der Waals surface area contributed by atoms with Gasteiger partial charge in [-0.15, -0.1) is 0 Å². The predicted molar refractivity (Wildman–Crippen MR) is 86.1 cm³/mol. The number of ether oxygens (including phenoxy) is 1. The highest BCUT2D eigenvalue weighted by molar-refractivity contribution is 6.03. The van der Waals surface area contributed by atoms with Gasteiger partial charge < -0.3 is 10.1 Å². The zero-order chi connectivity index (χ0) is 18.3. The van der Waals surface area contributed by atoms with E-state index in [9.17, 15) is 18.0 Å². The molecule has 25 heavy (non-hydrogen) atoms. The van der Waals surface area contributed by atoms with Gasteiger partial charge >= 0.3 is 6.18 Å². The zero-order valence-electron chi connectivity index (χ0n) is 13.9. The first kappa shape index (κ1) is 19.2. The van der Waals surface area contributed by atoms with Gasteiger partial charge in [-0.1, -0.05) is 12.8 Å². The second kappa shape index (κ2) is 8.84. The van der Waals surface area contributed by atoms with Gasteiger partial charge in [0.15, 0.2) is 5.82 Å². The average molecular weight is 361 g/mol. The van der Waals surface area contributed by atoms with Crippen LogP contribution in [0.1, 0.15) is 38.3 Å². The van der Waals surface area contributed by atoms with Crippen molar-refractivity contribution in [3.05, 3.63) is 11.8 Å². The van der Waals surface area contributed by atoms with Crippen LogP contribution in [0, 0.1) is 5.92 Å². The second-order valence-corrected chi connectivity index (χ2v) is 5.75. The van der Waals surface area contributed by atoms with E-state index in [1.165, 1.54) is 0 Å². The summed E-state index contributed by atoms with van der Waals surface area (Å²) in [6.07, 6.45) is -1.07. The Bertz CT molecular complexity index is 596. The number of aliphatic imine (C=N–C) groups is 1. The van der Waals surface area contributed by atoms with Crippen LogP contribution in [0.25, 0.3) is 0 Å². The number of hydrogen-bond acceptors (Lipinski definition) is 4. The normalized spacial score (nSPS) is 15.3. The molecule has 1 saturated carbocycles. The van der Waals surface area contributed by atoms with E-state index in [-0.39, 0.29) is 24.2 Å². The third-order valence-corrected chi connectivity index (χ3v) is 3.57. The monoisotopic (exact) mass is 361 g/mol. The van der Waals surface area contributed by atoms with Crippen molar-refractivity contribution < 1.29 is 22.7 Å². The molecule has 1 amide bonds. The van der Waals surface area contributed by atoms with Crippen molar-refractivity contribution in [1.82, 2.24) is 15.5 Å². The van der Waals surface area contributed by atoms with E-state index in [1.807, 2.05) is 12.0 Å². The molecule has 1 heterocycles. The molecule has 0 unspecified atom stereocenters. The maximum atomic E-state index is 12.6. The van der Waals surface area contributed by atoms with Crippen molar-refractivity contribution in [3.63, 3.8) is 0 Å². The molecule has 0 aliphatic heterocycles. The van der Waals surface area contributed by atoms with Crippen molar-refractivity contribution in [3.8, 4) is 0 Å². The molecule has 10 heteroatoms. The van der Waals surface area contributed by atoms with Gasteiger partial charge in [0.2, 0.25) is 11.9 Å². The molecule has 0 spiro atoms. The van der Waals surface area contributed by atoms with Crippen molar-refractivity contribution in [2.75, 3.05) is 25.1 Å². The Kier molecular flexibility index (Phi) is 6.80. The number of H-pyrrole nitrogens is 1. The number of carbonyl (C=O) groups is 1. The van der Waals surface area contributed by atoms with E-state index in [4.69, 9.17) is 4.74 Å². The van der Waals surface area contributed by atoms with E-state index in [1.54, 1.807) is 0 Å². The van der Waals surface area contributed by atoms with Gasteiger partial charge in [0, 0.05) is 19.1 Å². The molecule has 1 aromatic heterocycles. The Morgan fingerprint density at radius 3 is 2.84 bits per heavy atom. The Hall–Kier alpha value is -2.10. The van der Waals surface area contributed by atoms with Crippen LogP contribution >= 0.6 is 0 Å². The summed E-state index contributed by atoms with van der Waals surface area (Å²) in [4.78, 5) is 16.1. The number of aromatic nitrogens is 2. The number of rotatable bonds is 8. The topological polar surface area (TPSA) is 91.4 Å². The van der Waals surface area contributed by atoms with Crippen LogP contribution < -0.4 is 10.6 Å². The summed E-state index contributed by atoms with van der Waals surface area (Å²) in [5.74, 6) is 0.351. The van der Waals surface area contributed by atoms with Crippen LogP contribution in [0.2, 0.25) is 0 Å². The van der Waals surface area contributed by atoms with Crippen LogP contribution in [-0.4, -0.2) is 41.8 Å². The number of nitrogens with one attached hydrogen (secondary N) is 3. The number of alkyl halides is 3. The Balaban J connectivity index is 1.94. The van der Waals surface area contributed by atoms with Crippen molar-refractivity contribution in [2.24, 2.45) is 10.9 Å². The smallest absolute Gasteiger partial charge is 0.380 e. The molecule has 0 aromatic carbocycles. The molecule has 7 nitrogen and oxygen atoms in total. The molecular weight excluding hydrogens is 339 g/mol. The average Bonchev–Trinajstić information content (AvgIpc) is 3.25. The van der Waals surface area contributed by atoms with Gasteiger partial charge in [-0.05, 0) is 19.3 Å². The Morgan fingerprint density at radius 2 is 2.24 bits per heavy atom. The lowest BCUT2D eigenvalue weighted by Crippen LogP contribution is -2.36. The summed E-state index contributed by atoms with van der Waals surface area (Å²) >= 11 is 0. The largest absolute Gasteiger partial charge is 0.432 e. The van der Waals surface area contributed by atoms with E-state index in [0.717, 1.165) is 25.3 Å². The summed E-state index contributed by atoms with van der Waals surface area (Å²) < 4.78 is 43.0. The summed E-state index contributed by atoms with van der Waals surface area (Å²) in [5, 5.41) is 10.6. The lowest BCUT2D eigenvalue weighted by molar-refractivity contribution is -0.141. The molecule has 1 aliphatic carbocycles. The minimum atomic E-state index is -4.52. The van der Waals surface area contributed by atoms with Crippen LogP contribution in [0.3, 0.4) is 0 Å². The maximum Gasteiger partial charge on any atom is 0.432 e. The number of hydrogen-bond donors (Lipinski definition) is 3. The highest BCUT2D eigenvalue weighted by Gasteiger charge is 2.33. The number of guanidine groups is 1. The van der Waals surface area contributed by atoms with Gasteiger partial charge in [-0.25, -0.2) is 0 Å². The first-order valence-corrected chi connectivity index (χ1v) is 8.20. The number of anilines is 1. The molecule has 1 aromatic rings. The lowest BCUT2D eigenvalue weighted by atomic mass is 10.2. The fraction of sp³-hybridized carbons (Fsp3) is 0.667. The van der Waals surface area contributed by atoms with E-state index in [2.05, 4.69) is 20.7 Å². The molecule has 140 valence electrons. The first-order chi connectivity index (χ1) is 11.9.